The van der Waals surface area contributed by atoms with E-state index in [2.05, 4.69) is 46.0 Å². The molecular formula is C21H25N5O. The van der Waals surface area contributed by atoms with Crippen LogP contribution in [0.15, 0.2) is 48.8 Å². The summed E-state index contributed by atoms with van der Waals surface area (Å²) in [5.41, 5.74) is 9.61. The van der Waals surface area contributed by atoms with Crippen LogP contribution < -0.4 is 10.6 Å². The summed E-state index contributed by atoms with van der Waals surface area (Å²) in [6.07, 6.45) is 5.00. The Hall–Kier alpha value is -2.86. The van der Waals surface area contributed by atoms with E-state index in [1.165, 1.54) is 18.7 Å². The summed E-state index contributed by atoms with van der Waals surface area (Å²) in [5, 5.41) is 0. The molecule has 1 amide bonds. The van der Waals surface area contributed by atoms with E-state index in [4.69, 9.17) is 5.73 Å². The number of benzene rings is 1. The minimum Gasteiger partial charge on any atom is -0.370 e. The van der Waals surface area contributed by atoms with Crippen molar-refractivity contribution < 1.29 is 4.79 Å². The summed E-state index contributed by atoms with van der Waals surface area (Å²) in [7, 11) is 0. The van der Waals surface area contributed by atoms with E-state index in [-0.39, 0.29) is 0 Å². The summed E-state index contributed by atoms with van der Waals surface area (Å²) in [4.78, 5) is 21.2. The van der Waals surface area contributed by atoms with Crippen LogP contribution in [0, 0.1) is 0 Å². The second kappa shape index (κ2) is 7.40. The first-order chi connectivity index (χ1) is 13.2. The van der Waals surface area contributed by atoms with Gasteiger partial charge in [0.2, 0.25) is 0 Å². The third-order valence-electron chi connectivity index (χ3n) is 5.31. The van der Waals surface area contributed by atoms with Gasteiger partial charge < -0.3 is 19.9 Å². The van der Waals surface area contributed by atoms with E-state index >= 15 is 0 Å². The molecule has 1 saturated heterocycles. The normalized spacial score (nSPS) is 15.8. The number of aromatic nitrogens is 2. The van der Waals surface area contributed by atoms with E-state index < -0.39 is 5.91 Å². The van der Waals surface area contributed by atoms with Crippen LogP contribution in [0.2, 0.25) is 0 Å². The molecule has 0 atom stereocenters. The number of rotatable bonds is 4. The Balaban J connectivity index is 1.58. The quantitative estimate of drug-likeness (QED) is 0.774. The lowest BCUT2D eigenvalue weighted by atomic mass is 10.1. The fraction of sp³-hybridized carbons (Fsp3) is 0.333. The van der Waals surface area contributed by atoms with Gasteiger partial charge in [0.15, 0.2) is 0 Å². The van der Waals surface area contributed by atoms with Crippen LogP contribution in [0.25, 0.3) is 16.9 Å². The molecule has 1 aliphatic heterocycles. The second-order valence-corrected chi connectivity index (χ2v) is 6.96. The van der Waals surface area contributed by atoms with Crippen molar-refractivity contribution in [1.29, 1.82) is 0 Å². The molecule has 0 radical (unpaired) electrons. The number of amides is 1. The molecule has 2 aromatic heterocycles. The van der Waals surface area contributed by atoms with Crippen LogP contribution in [-0.2, 0) is 0 Å². The summed E-state index contributed by atoms with van der Waals surface area (Å²) in [5.74, 6) is -0.463. The van der Waals surface area contributed by atoms with E-state index in [0.29, 0.717) is 11.2 Å². The zero-order valence-corrected chi connectivity index (χ0v) is 15.6. The zero-order chi connectivity index (χ0) is 18.8. The number of imidazole rings is 1. The number of pyridine rings is 1. The van der Waals surface area contributed by atoms with Gasteiger partial charge in [-0.25, -0.2) is 4.98 Å². The van der Waals surface area contributed by atoms with Gasteiger partial charge in [0.05, 0.1) is 11.3 Å². The van der Waals surface area contributed by atoms with Gasteiger partial charge in [-0.3, -0.25) is 4.79 Å². The predicted molar refractivity (Wildman–Crippen MR) is 108 cm³/mol. The van der Waals surface area contributed by atoms with Gasteiger partial charge in [-0.1, -0.05) is 19.1 Å². The highest BCUT2D eigenvalue weighted by molar-refractivity contribution is 5.98. The maximum absolute atomic E-state index is 11.6. The number of nitrogens with zero attached hydrogens (tertiary/aromatic N) is 4. The summed E-state index contributed by atoms with van der Waals surface area (Å²) in [6, 6.07) is 12.0. The van der Waals surface area contributed by atoms with Gasteiger partial charge in [0.25, 0.3) is 5.91 Å². The molecule has 0 saturated carbocycles. The van der Waals surface area contributed by atoms with Crippen molar-refractivity contribution in [1.82, 2.24) is 14.3 Å². The van der Waals surface area contributed by atoms with Gasteiger partial charge in [0, 0.05) is 43.3 Å². The highest BCUT2D eigenvalue weighted by atomic mass is 16.1. The Morgan fingerprint density at radius 3 is 2.67 bits per heavy atom. The lowest BCUT2D eigenvalue weighted by Gasteiger charge is -2.23. The molecule has 3 heterocycles. The molecule has 1 fully saturated rings. The lowest BCUT2D eigenvalue weighted by molar-refractivity contribution is 0.100. The first kappa shape index (κ1) is 17.5. The first-order valence-electron chi connectivity index (χ1n) is 9.51. The molecule has 0 spiro atoms. The highest BCUT2D eigenvalue weighted by Gasteiger charge is 2.15. The van der Waals surface area contributed by atoms with Crippen molar-refractivity contribution in [2.24, 2.45) is 5.73 Å². The van der Waals surface area contributed by atoms with E-state index in [1.54, 1.807) is 12.1 Å². The molecule has 2 N–H and O–H groups in total. The zero-order valence-electron chi connectivity index (χ0n) is 15.6. The number of hydrogen-bond acceptors (Lipinski definition) is 4. The Morgan fingerprint density at radius 1 is 1.11 bits per heavy atom. The van der Waals surface area contributed by atoms with Crippen LogP contribution in [-0.4, -0.2) is 52.9 Å². The molecule has 0 unspecified atom stereocenters. The molecule has 3 aromatic rings. The average molecular weight is 363 g/mol. The van der Waals surface area contributed by atoms with Gasteiger partial charge in [-0.2, -0.15) is 0 Å². The third-order valence-corrected chi connectivity index (χ3v) is 5.31. The Kier molecular flexibility index (Phi) is 4.81. The number of carbonyl (C=O) groups is 1. The fourth-order valence-electron chi connectivity index (χ4n) is 3.73. The van der Waals surface area contributed by atoms with Crippen LogP contribution in [0.5, 0.6) is 0 Å². The molecule has 6 heteroatoms. The Labute approximate surface area is 159 Å². The van der Waals surface area contributed by atoms with Crippen molar-refractivity contribution in [3.8, 4) is 11.3 Å². The molecule has 1 aromatic carbocycles. The van der Waals surface area contributed by atoms with Gasteiger partial charge in [-0.15, -0.1) is 0 Å². The largest absolute Gasteiger partial charge is 0.370 e. The maximum Gasteiger partial charge on any atom is 0.252 e. The second-order valence-electron chi connectivity index (χ2n) is 6.96. The van der Waals surface area contributed by atoms with Crippen molar-refractivity contribution in [2.45, 2.75) is 13.3 Å². The molecule has 1 aliphatic rings. The van der Waals surface area contributed by atoms with Crippen LogP contribution in [0.4, 0.5) is 5.69 Å². The van der Waals surface area contributed by atoms with Crippen LogP contribution in [0.3, 0.4) is 0 Å². The van der Waals surface area contributed by atoms with E-state index in [9.17, 15) is 4.79 Å². The number of fused-ring (bicyclic) bond motifs is 1. The predicted octanol–water partition coefficient (Wildman–Crippen LogP) is 2.63. The Morgan fingerprint density at radius 2 is 1.93 bits per heavy atom. The number of primary amides is 1. The topological polar surface area (TPSA) is 66.9 Å². The molecule has 0 aliphatic carbocycles. The molecule has 6 nitrogen and oxygen atoms in total. The number of anilines is 1. The number of hydrogen-bond donors (Lipinski definition) is 1. The number of likely N-dealkylation sites (N-methyl/N-ethyl adjacent to an activating group) is 1. The van der Waals surface area contributed by atoms with Crippen molar-refractivity contribution in [2.75, 3.05) is 37.6 Å². The molecule has 4 rings (SSSR count). The fourth-order valence-corrected chi connectivity index (χ4v) is 3.73. The maximum atomic E-state index is 11.6. The molecule has 27 heavy (non-hydrogen) atoms. The van der Waals surface area contributed by atoms with Crippen molar-refractivity contribution in [3.63, 3.8) is 0 Å². The third kappa shape index (κ3) is 3.53. The van der Waals surface area contributed by atoms with E-state index in [1.807, 2.05) is 16.8 Å². The molecule has 140 valence electrons. The van der Waals surface area contributed by atoms with Crippen molar-refractivity contribution in [3.05, 3.63) is 54.4 Å². The van der Waals surface area contributed by atoms with Gasteiger partial charge >= 0.3 is 0 Å². The van der Waals surface area contributed by atoms with Gasteiger partial charge in [0.1, 0.15) is 5.65 Å². The summed E-state index contributed by atoms with van der Waals surface area (Å²) in [6.45, 7) is 7.78. The minimum absolute atomic E-state index is 0.436. The minimum atomic E-state index is -0.463. The summed E-state index contributed by atoms with van der Waals surface area (Å²) >= 11 is 0. The first-order valence-corrected chi connectivity index (χ1v) is 9.51. The lowest BCUT2D eigenvalue weighted by Crippen LogP contribution is -2.30. The smallest absolute Gasteiger partial charge is 0.252 e. The van der Waals surface area contributed by atoms with E-state index in [0.717, 1.165) is 37.4 Å². The highest BCUT2D eigenvalue weighted by Crippen LogP contribution is 2.24. The number of nitrogens with two attached hydrogens (primary N) is 1. The monoisotopic (exact) mass is 363 g/mol. The molecule has 0 bridgehead atoms. The standard InChI is InChI=1S/C21H25N5O/c1-2-24-10-4-12-25(14-13-24)17-8-6-16(7-9-17)19-15-26-11-3-5-18(20(22)27)21(26)23-19/h3,5-9,11,15H,2,4,10,12-14H2,1H3,(H2,22,27). The molecular weight excluding hydrogens is 338 g/mol. The summed E-state index contributed by atoms with van der Waals surface area (Å²) < 4.78 is 1.84. The average Bonchev–Trinajstić information content (AvgIpc) is 2.98. The van der Waals surface area contributed by atoms with Gasteiger partial charge in [-0.05, 0) is 43.8 Å². The van der Waals surface area contributed by atoms with Crippen LogP contribution in [0.1, 0.15) is 23.7 Å². The van der Waals surface area contributed by atoms with Crippen LogP contribution >= 0.6 is 0 Å². The Bertz CT molecular complexity index is 947. The SMILES string of the molecule is CCN1CCCN(c2ccc(-c3cn4cccc(C(N)=O)c4n3)cc2)CC1. The van der Waals surface area contributed by atoms with Crippen molar-refractivity contribution >= 4 is 17.2 Å². The number of carbonyl (C=O) groups excluding carboxylic acids is 1.